The van der Waals surface area contributed by atoms with E-state index in [1.807, 2.05) is 32.1 Å². The molecule has 5 N–H and O–H groups in total. The highest BCUT2D eigenvalue weighted by molar-refractivity contribution is 5.91. The van der Waals surface area contributed by atoms with Crippen molar-refractivity contribution in [2.24, 2.45) is 53.3 Å². The van der Waals surface area contributed by atoms with Crippen molar-refractivity contribution in [2.75, 3.05) is 0 Å². The predicted octanol–water partition coefficient (Wildman–Crippen LogP) is 5.88. The van der Waals surface area contributed by atoms with Crippen LogP contribution in [0.3, 0.4) is 0 Å². The van der Waals surface area contributed by atoms with Gasteiger partial charge in [-0.1, -0.05) is 92.7 Å². The molecule has 0 aromatic heterocycles. The van der Waals surface area contributed by atoms with Crippen LogP contribution in [0.1, 0.15) is 121 Å². The zero-order chi connectivity index (χ0) is 42.3. The molecule has 11 nitrogen and oxygen atoms in total. The van der Waals surface area contributed by atoms with Crippen LogP contribution in [0.2, 0.25) is 0 Å². The summed E-state index contributed by atoms with van der Waals surface area (Å²) in [6.45, 7) is 19.1. The van der Waals surface area contributed by atoms with Gasteiger partial charge in [0.05, 0.1) is 36.6 Å². The summed E-state index contributed by atoms with van der Waals surface area (Å²) < 4.78 is 20.0. The molecule has 2 saturated heterocycles. The quantitative estimate of drug-likeness (QED) is 0.216. The van der Waals surface area contributed by atoms with E-state index in [1.54, 1.807) is 20.8 Å². The number of ketones is 2. The average Bonchev–Trinajstić information content (AvgIpc) is 3.16. The van der Waals surface area contributed by atoms with E-state index in [2.05, 4.69) is 19.9 Å². The number of esters is 1. The van der Waals surface area contributed by atoms with Crippen molar-refractivity contribution < 1.29 is 54.1 Å². The molecule has 1 spiro atoms. The maximum Gasteiger partial charge on any atom is 0.330 e. The van der Waals surface area contributed by atoms with Crippen molar-refractivity contribution >= 4 is 17.5 Å². The SMILES string of the molecule is CC[C@H]1/C=C\C=C/C[C@@H](C)[C@H](O)[C@@](C)(O)C(=O)[C@@H](C)[C@H](O)[C@@H](C)C(=O)[C@@H](C)[C@H](O)[C@@H](C)/C=C/C(=O)O[C@@H]2[C@@H](C)[C@H](CC1)O[C@]1(CC[C@H](C)[C@H](C[C@@H](C)O)O1)[C@H]2C. The highest BCUT2D eigenvalue weighted by Gasteiger charge is 2.56. The molecule has 3 aliphatic rings. The van der Waals surface area contributed by atoms with Crippen LogP contribution < -0.4 is 0 Å². The fourth-order valence-corrected chi connectivity index (χ4v) is 9.01. The third-order valence-corrected chi connectivity index (χ3v) is 13.4. The van der Waals surface area contributed by atoms with Crippen LogP contribution in [0.15, 0.2) is 36.5 Å². The molecule has 18 atom stereocenters. The van der Waals surface area contributed by atoms with Gasteiger partial charge in [0.15, 0.2) is 11.6 Å². The number of aliphatic hydroxyl groups excluding tert-OH is 4. The lowest BCUT2D eigenvalue weighted by molar-refractivity contribution is -0.371. The van der Waals surface area contributed by atoms with Crippen molar-refractivity contribution in [3.8, 4) is 0 Å². The van der Waals surface area contributed by atoms with E-state index in [-0.39, 0.29) is 35.9 Å². The number of Topliss-reactive ketones (excluding diaryl/α,β-unsaturated/α-hetero) is 2. The van der Waals surface area contributed by atoms with Crippen LogP contribution in [0.5, 0.6) is 0 Å². The number of hydrogen-bond donors (Lipinski definition) is 5. The first-order valence-corrected chi connectivity index (χ1v) is 21.2. The Morgan fingerprint density at radius 1 is 0.839 bits per heavy atom. The molecule has 2 bridgehead atoms. The smallest absolute Gasteiger partial charge is 0.330 e. The van der Waals surface area contributed by atoms with Gasteiger partial charge in [-0.05, 0) is 70.1 Å². The number of hydrogen-bond acceptors (Lipinski definition) is 11. The summed E-state index contributed by atoms with van der Waals surface area (Å²) in [7, 11) is 0. The van der Waals surface area contributed by atoms with E-state index in [0.717, 1.165) is 19.3 Å². The monoisotopic (exact) mass is 791 g/mol. The second-order valence-corrected chi connectivity index (χ2v) is 18.0. The Morgan fingerprint density at radius 3 is 2.11 bits per heavy atom. The highest BCUT2D eigenvalue weighted by Crippen LogP contribution is 2.49. The number of fused-ring (bicyclic) bond motifs is 2. The van der Waals surface area contributed by atoms with Crippen molar-refractivity contribution in [1.29, 1.82) is 0 Å². The predicted molar refractivity (Wildman–Crippen MR) is 215 cm³/mol. The van der Waals surface area contributed by atoms with E-state index in [4.69, 9.17) is 14.2 Å². The van der Waals surface area contributed by atoms with Crippen LogP contribution in [-0.2, 0) is 28.6 Å². The van der Waals surface area contributed by atoms with Gasteiger partial charge in [-0.15, -0.1) is 0 Å². The number of aliphatic hydroxyl groups is 5. The van der Waals surface area contributed by atoms with E-state index < -0.39 is 89.0 Å². The van der Waals surface area contributed by atoms with Gasteiger partial charge in [-0.25, -0.2) is 4.79 Å². The van der Waals surface area contributed by atoms with Gasteiger partial charge in [0.2, 0.25) is 0 Å². The first-order valence-electron chi connectivity index (χ1n) is 21.2. The summed E-state index contributed by atoms with van der Waals surface area (Å²) in [5, 5.41) is 55.0. The van der Waals surface area contributed by atoms with Crippen LogP contribution in [-0.4, -0.2) is 97.2 Å². The average molecular weight is 791 g/mol. The summed E-state index contributed by atoms with van der Waals surface area (Å²) in [4.78, 5) is 40.5. The van der Waals surface area contributed by atoms with E-state index in [9.17, 15) is 39.9 Å². The number of carbonyl (C=O) groups is 3. The van der Waals surface area contributed by atoms with Crippen molar-refractivity contribution in [3.63, 3.8) is 0 Å². The van der Waals surface area contributed by atoms with E-state index >= 15 is 0 Å². The maximum absolute atomic E-state index is 13.5. The van der Waals surface area contributed by atoms with Crippen LogP contribution in [0.25, 0.3) is 0 Å². The molecule has 0 amide bonds. The molecule has 0 radical (unpaired) electrons. The van der Waals surface area contributed by atoms with Gasteiger partial charge < -0.3 is 39.7 Å². The first kappa shape index (κ1) is 48.1. The first-order chi connectivity index (χ1) is 26.1. The van der Waals surface area contributed by atoms with Gasteiger partial charge in [0.1, 0.15) is 17.5 Å². The summed E-state index contributed by atoms with van der Waals surface area (Å²) in [5.41, 5.74) is -2.18. The molecule has 0 aromatic carbocycles. The second-order valence-electron chi connectivity index (χ2n) is 18.0. The molecule has 0 saturated carbocycles. The van der Waals surface area contributed by atoms with Gasteiger partial charge >= 0.3 is 5.97 Å². The molecular weight excluding hydrogens is 716 g/mol. The Kier molecular flexibility index (Phi) is 17.7. The van der Waals surface area contributed by atoms with Gasteiger partial charge in [0.25, 0.3) is 0 Å². The van der Waals surface area contributed by atoms with Gasteiger partial charge in [0, 0.05) is 48.0 Å². The fourth-order valence-electron chi connectivity index (χ4n) is 9.01. The molecule has 3 heterocycles. The van der Waals surface area contributed by atoms with Gasteiger partial charge in [-0.2, -0.15) is 0 Å². The largest absolute Gasteiger partial charge is 0.458 e. The molecule has 0 unspecified atom stereocenters. The summed E-state index contributed by atoms with van der Waals surface area (Å²) >= 11 is 0. The summed E-state index contributed by atoms with van der Waals surface area (Å²) in [5.74, 6) is -7.28. The van der Waals surface area contributed by atoms with E-state index in [1.165, 1.54) is 39.8 Å². The minimum Gasteiger partial charge on any atom is -0.458 e. The lowest BCUT2D eigenvalue weighted by atomic mass is 9.74. The summed E-state index contributed by atoms with van der Waals surface area (Å²) in [6.07, 6.45) is 9.62. The molecule has 0 aliphatic carbocycles. The Morgan fingerprint density at radius 2 is 1.48 bits per heavy atom. The van der Waals surface area contributed by atoms with Crippen molar-refractivity contribution in [3.05, 3.63) is 36.5 Å². The third-order valence-electron chi connectivity index (χ3n) is 13.4. The minimum atomic E-state index is -2.18. The van der Waals surface area contributed by atoms with Crippen LogP contribution in [0.4, 0.5) is 0 Å². The zero-order valence-corrected chi connectivity index (χ0v) is 35.8. The normalized spacial score (nSPS) is 46.8. The number of allylic oxidation sites excluding steroid dienone is 4. The molecule has 56 heavy (non-hydrogen) atoms. The third kappa shape index (κ3) is 11.5. The zero-order valence-electron chi connectivity index (χ0n) is 35.8. The molecule has 3 aliphatic heterocycles. The highest BCUT2D eigenvalue weighted by atomic mass is 16.7. The van der Waals surface area contributed by atoms with Gasteiger partial charge in [-0.3, -0.25) is 9.59 Å². The lowest BCUT2D eigenvalue weighted by Crippen LogP contribution is -2.62. The Bertz CT molecular complexity index is 1390. The maximum atomic E-state index is 13.5. The molecule has 3 rings (SSSR count). The van der Waals surface area contributed by atoms with Crippen LogP contribution >= 0.6 is 0 Å². The number of rotatable bonds is 3. The number of ether oxygens (including phenoxy) is 3. The second kappa shape index (κ2) is 20.6. The fraction of sp³-hybridized carbons (Fsp3) is 0.800. The van der Waals surface area contributed by atoms with Crippen molar-refractivity contribution in [1.82, 2.24) is 0 Å². The Balaban J connectivity index is 1.99. The molecule has 11 heteroatoms. The Hall–Kier alpha value is -2.25. The minimum absolute atomic E-state index is 0.168. The Labute approximate surface area is 336 Å². The molecular formula is C45H74O11. The van der Waals surface area contributed by atoms with Crippen molar-refractivity contribution in [2.45, 2.75) is 175 Å². The van der Waals surface area contributed by atoms with Crippen LogP contribution in [0, 0.1) is 53.3 Å². The molecule has 2 fully saturated rings. The topological polar surface area (TPSA) is 180 Å². The van der Waals surface area contributed by atoms with E-state index in [0.29, 0.717) is 25.7 Å². The molecule has 0 aromatic rings. The number of carbonyl (C=O) groups excluding carboxylic acids is 3. The standard InChI is InChI=1S/C45H74O11/c1-12-34-17-15-13-14-16-27(4)42(51)44(11,53)43(52)32(9)40(50)31(8)39(49)30(7)38(48)26(3)18-21-37(47)54-41-29(6)35(20-19-34)55-45(33(41)10)23-22-25(2)36(56-45)24-28(5)46/h13-15,17-18,21,25-36,38,40-42,46,48,50-51,53H,12,16,19-20,22-24H2,1-11H3/b14-13-,17-15-,21-18+/t25-,26-,27+,28+,29-,30-,31-,32-,33-,34-,35-,36-,38+,40+,41+,42-,44+,45-/m0/s1. The summed E-state index contributed by atoms with van der Waals surface area (Å²) in [6, 6.07) is 0. The lowest BCUT2D eigenvalue weighted by Gasteiger charge is -2.55. The molecule has 320 valence electrons.